The molecule has 0 fully saturated rings. The van der Waals surface area contributed by atoms with Gasteiger partial charge in [0.25, 0.3) is 0 Å². The van der Waals surface area contributed by atoms with Crippen LogP contribution in [0, 0.1) is 5.41 Å². The van der Waals surface area contributed by atoms with Gasteiger partial charge in [-0.25, -0.2) is 4.79 Å². The SMILES string of the molecule is CC(NC(=O)NCC(O)Cc1ccccc1)C(C)(C)C. The van der Waals surface area contributed by atoms with Gasteiger partial charge in [-0.3, -0.25) is 0 Å². The van der Waals surface area contributed by atoms with E-state index in [0.717, 1.165) is 5.56 Å². The minimum absolute atomic E-state index is 0.0139. The number of hydrogen-bond donors (Lipinski definition) is 3. The summed E-state index contributed by atoms with van der Waals surface area (Å²) in [6, 6.07) is 9.57. The molecule has 2 unspecified atom stereocenters. The van der Waals surface area contributed by atoms with Crippen molar-refractivity contribution in [3.05, 3.63) is 35.9 Å². The van der Waals surface area contributed by atoms with Crippen molar-refractivity contribution in [3.8, 4) is 0 Å². The molecule has 0 saturated carbocycles. The van der Waals surface area contributed by atoms with Crippen molar-refractivity contribution in [2.45, 2.75) is 46.3 Å². The number of aliphatic hydroxyl groups is 1. The fourth-order valence-electron chi connectivity index (χ4n) is 1.63. The molecule has 2 amide bonds. The summed E-state index contributed by atoms with van der Waals surface area (Å²) < 4.78 is 0. The molecule has 0 aromatic heterocycles. The van der Waals surface area contributed by atoms with E-state index in [-0.39, 0.29) is 24.0 Å². The molecule has 0 aliphatic carbocycles. The van der Waals surface area contributed by atoms with E-state index in [9.17, 15) is 9.90 Å². The molecule has 0 aliphatic heterocycles. The first-order valence-electron chi connectivity index (χ1n) is 7.05. The van der Waals surface area contributed by atoms with Crippen LogP contribution in [0.3, 0.4) is 0 Å². The fourth-order valence-corrected chi connectivity index (χ4v) is 1.63. The smallest absolute Gasteiger partial charge is 0.315 e. The molecule has 0 radical (unpaired) electrons. The molecule has 1 aromatic rings. The average molecular weight is 278 g/mol. The van der Waals surface area contributed by atoms with E-state index in [1.54, 1.807) is 0 Å². The van der Waals surface area contributed by atoms with Gasteiger partial charge in [0.1, 0.15) is 0 Å². The molecule has 0 heterocycles. The van der Waals surface area contributed by atoms with E-state index in [0.29, 0.717) is 6.42 Å². The van der Waals surface area contributed by atoms with Crippen molar-refractivity contribution in [1.82, 2.24) is 10.6 Å². The predicted molar refractivity (Wildman–Crippen MR) is 81.6 cm³/mol. The number of aliphatic hydroxyl groups excluding tert-OH is 1. The molecule has 0 saturated heterocycles. The maximum absolute atomic E-state index is 11.7. The first kappa shape index (κ1) is 16.5. The third-order valence-electron chi connectivity index (χ3n) is 3.46. The van der Waals surface area contributed by atoms with Crippen molar-refractivity contribution in [2.75, 3.05) is 6.54 Å². The van der Waals surface area contributed by atoms with Crippen LogP contribution in [0.4, 0.5) is 4.79 Å². The Bertz CT molecular complexity index is 412. The number of hydrogen-bond acceptors (Lipinski definition) is 2. The molecular weight excluding hydrogens is 252 g/mol. The molecule has 1 rings (SSSR count). The standard InChI is InChI=1S/C16H26N2O2/c1-12(16(2,3)4)18-15(20)17-11-14(19)10-13-8-6-5-7-9-13/h5-9,12,14,19H,10-11H2,1-4H3,(H2,17,18,20). The Morgan fingerprint density at radius 1 is 1.25 bits per heavy atom. The van der Waals surface area contributed by atoms with Crippen LogP contribution in [0.1, 0.15) is 33.3 Å². The second-order valence-electron chi connectivity index (χ2n) is 6.29. The number of urea groups is 1. The molecule has 20 heavy (non-hydrogen) atoms. The second kappa shape index (κ2) is 7.29. The zero-order valence-electron chi connectivity index (χ0n) is 12.8. The van der Waals surface area contributed by atoms with Gasteiger partial charge in [-0.2, -0.15) is 0 Å². The lowest BCUT2D eigenvalue weighted by Crippen LogP contribution is -2.48. The molecule has 4 heteroatoms. The van der Waals surface area contributed by atoms with Crippen LogP contribution in [-0.4, -0.2) is 29.8 Å². The summed E-state index contributed by atoms with van der Waals surface area (Å²) in [6.07, 6.45) is -0.0382. The lowest BCUT2D eigenvalue weighted by atomic mass is 9.88. The molecule has 112 valence electrons. The topological polar surface area (TPSA) is 61.4 Å². The molecule has 0 bridgehead atoms. The van der Waals surface area contributed by atoms with Crippen molar-refractivity contribution >= 4 is 6.03 Å². The zero-order valence-corrected chi connectivity index (χ0v) is 12.8. The highest BCUT2D eigenvalue weighted by atomic mass is 16.3. The molecular formula is C16H26N2O2. The van der Waals surface area contributed by atoms with E-state index in [2.05, 4.69) is 31.4 Å². The van der Waals surface area contributed by atoms with Crippen molar-refractivity contribution in [2.24, 2.45) is 5.41 Å². The molecule has 2 atom stereocenters. The molecule has 1 aromatic carbocycles. The lowest BCUT2D eigenvalue weighted by molar-refractivity contribution is 0.168. The number of nitrogens with one attached hydrogen (secondary N) is 2. The van der Waals surface area contributed by atoms with Gasteiger partial charge in [-0.05, 0) is 17.9 Å². The largest absolute Gasteiger partial charge is 0.391 e. The summed E-state index contributed by atoms with van der Waals surface area (Å²) in [5.74, 6) is 0. The summed E-state index contributed by atoms with van der Waals surface area (Å²) in [7, 11) is 0. The summed E-state index contributed by atoms with van der Waals surface area (Å²) in [5, 5.41) is 15.5. The monoisotopic (exact) mass is 278 g/mol. The first-order chi connectivity index (χ1) is 9.29. The Morgan fingerprint density at radius 2 is 1.85 bits per heavy atom. The number of carbonyl (C=O) groups is 1. The number of rotatable bonds is 5. The van der Waals surface area contributed by atoms with Crippen LogP contribution in [0.25, 0.3) is 0 Å². The van der Waals surface area contributed by atoms with Gasteiger partial charge in [-0.1, -0.05) is 51.1 Å². The summed E-state index contributed by atoms with van der Waals surface area (Å²) in [6.45, 7) is 8.43. The Balaban J connectivity index is 2.30. The van der Waals surface area contributed by atoms with Gasteiger partial charge in [0.05, 0.1) is 6.10 Å². The lowest BCUT2D eigenvalue weighted by Gasteiger charge is -2.28. The quantitative estimate of drug-likeness (QED) is 0.774. The van der Waals surface area contributed by atoms with Gasteiger partial charge >= 0.3 is 6.03 Å². The second-order valence-corrected chi connectivity index (χ2v) is 6.29. The highest BCUT2D eigenvalue weighted by molar-refractivity contribution is 5.74. The van der Waals surface area contributed by atoms with Gasteiger partial charge in [0, 0.05) is 19.0 Å². The molecule has 3 N–H and O–H groups in total. The number of benzene rings is 1. The highest BCUT2D eigenvalue weighted by Gasteiger charge is 2.21. The number of carbonyl (C=O) groups excluding carboxylic acids is 1. The minimum atomic E-state index is -0.576. The Hall–Kier alpha value is -1.55. The molecule has 0 spiro atoms. The summed E-state index contributed by atoms with van der Waals surface area (Å²) in [4.78, 5) is 11.7. The van der Waals surface area contributed by atoms with Gasteiger partial charge in [0.15, 0.2) is 0 Å². The third kappa shape index (κ3) is 6.06. The van der Waals surface area contributed by atoms with Crippen LogP contribution in [0.5, 0.6) is 0 Å². The van der Waals surface area contributed by atoms with E-state index < -0.39 is 6.10 Å². The Kier molecular flexibility index (Phi) is 6.02. The maximum Gasteiger partial charge on any atom is 0.315 e. The van der Waals surface area contributed by atoms with Crippen LogP contribution in [0.2, 0.25) is 0 Å². The maximum atomic E-state index is 11.7. The van der Waals surface area contributed by atoms with Crippen molar-refractivity contribution in [1.29, 1.82) is 0 Å². The summed E-state index contributed by atoms with van der Waals surface area (Å²) >= 11 is 0. The summed E-state index contributed by atoms with van der Waals surface area (Å²) in [5.41, 5.74) is 1.07. The van der Waals surface area contributed by atoms with E-state index in [1.807, 2.05) is 37.3 Å². The molecule has 0 aliphatic rings. The van der Waals surface area contributed by atoms with E-state index >= 15 is 0 Å². The molecule has 4 nitrogen and oxygen atoms in total. The van der Waals surface area contributed by atoms with Gasteiger partial charge in [-0.15, -0.1) is 0 Å². The highest BCUT2D eigenvalue weighted by Crippen LogP contribution is 2.18. The van der Waals surface area contributed by atoms with Crippen LogP contribution >= 0.6 is 0 Å². The first-order valence-corrected chi connectivity index (χ1v) is 7.05. The number of amides is 2. The Labute approximate surface area is 121 Å². The minimum Gasteiger partial charge on any atom is -0.391 e. The fraction of sp³-hybridized carbons (Fsp3) is 0.562. The zero-order chi connectivity index (χ0) is 15.2. The average Bonchev–Trinajstić information content (AvgIpc) is 2.36. The van der Waals surface area contributed by atoms with Crippen LogP contribution in [-0.2, 0) is 6.42 Å². The van der Waals surface area contributed by atoms with Gasteiger partial charge < -0.3 is 15.7 Å². The van der Waals surface area contributed by atoms with Crippen molar-refractivity contribution in [3.63, 3.8) is 0 Å². The van der Waals surface area contributed by atoms with E-state index in [1.165, 1.54) is 0 Å². The third-order valence-corrected chi connectivity index (χ3v) is 3.46. The predicted octanol–water partition coefficient (Wildman–Crippen LogP) is 2.32. The van der Waals surface area contributed by atoms with Gasteiger partial charge in [0.2, 0.25) is 0 Å². The van der Waals surface area contributed by atoms with E-state index in [4.69, 9.17) is 0 Å². The van der Waals surface area contributed by atoms with Crippen molar-refractivity contribution < 1.29 is 9.90 Å². The van der Waals surface area contributed by atoms with Crippen LogP contribution in [0.15, 0.2) is 30.3 Å². The normalized spacial score (nSPS) is 14.4. The van der Waals surface area contributed by atoms with Crippen LogP contribution < -0.4 is 10.6 Å². The Morgan fingerprint density at radius 3 is 2.40 bits per heavy atom.